The van der Waals surface area contributed by atoms with Crippen LogP contribution in [0.3, 0.4) is 0 Å². The summed E-state index contributed by atoms with van der Waals surface area (Å²) < 4.78 is 5.65. The number of nitrogens with one attached hydrogen (secondary N) is 3. The second kappa shape index (κ2) is 9.97. The lowest BCUT2D eigenvalue weighted by Crippen LogP contribution is -2.44. The standard InChI is InChI=1S/C28H33N7O2/c1-18-17-37-13-12-34(18)26-14-23(24(15-29)28(32-26)31-25-10-11-30-33-25)20-4-2-19(3-5-20)21-6-9-27(36)35(16-21)22-7-8-22/h2-5,10-11,14-15,18,21-22,29H,6-9,12-13,16-17H2,1H3,(H2,30,31,32,33)/t18-,21?/m1/s1. The van der Waals surface area contributed by atoms with E-state index in [1.807, 2.05) is 6.07 Å². The quantitative estimate of drug-likeness (QED) is 0.418. The third kappa shape index (κ3) is 4.83. The van der Waals surface area contributed by atoms with Crippen LogP contribution in [-0.2, 0) is 9.53 Å². The van der Waals surface area contributed by atoms with Crippen LogP contribution in [-0.4, -0.2) is 70.6 Å². The van der Waals surface area contributed by atoms with Gasteiger partial charge in [0.15, 0.2) is 0 Å². The Labute approximate surface area is 216 Å². The largest absolute Gasteiger partial charge is 0.377 e. The maximum absolute atomic E-state index is 12.4. The van der Waals surface area contributed by atoms with E-state index in [0.29, 0.717) is 43.3 Å². The molecule has 2 saturated heterocycles. The van der Waals surface area contributed by atoms with Crippen LogP contribution in [0.1, 0.15) is 49.7 Å². The van der Waals surface area contributed by atoms with Gasteiger partial charge in [-0.1, -0.05) is 24.3 Å². The molecule has 3 fully saturated rings. The lowest BCUT2D eigenvalue weighted by molar-refractivity contribution is -0.134. The lowest BCUT2D eigenvalue weighted by Gasteiger charge is -2.35. The summed E-state index contributed by atoms with van der Waals surface area (Å²) in [6.07, 6.45) is 6.87. The van der Waals surface area contributed by atoms with Gasteiger partial charge >= 0.3 is 0 Å². The first-order valence-electron chi connectivity index (χ1n) is 13.2. The number of amides is 1. The second-order valence-electron chi connectivity index (χ2n) is 10.3. The number of anilines is 3. The number of carbonyl (C=O) groups excluding carboxylic acids is 1. The van der Waals surface area contributed by atoms with Crippen LogP contribution in [0.2, 0.25) is 0 Å². The monoisotopic (exact) mass is 499 g/mol. The fourth-order valence-corrected chi connectivity index (χ4v) is 5.51. The molecule has 0 bridgehead atoms. The van der Waals surface area contributed by atoms with Gasteiger partial charge in [0.2, 0.25) is 5.91 Å². The van der Waals surface area contributed by atoms with Crippen LogP contribution < -0.4 is 10.2 Å². The summed E-state index contributed by atoms with van der Waals surface area (Å²) in [5.41, 5.74) is 3.97. The number of carbonyl (C=O) groups is 1. The molecule has 4 heterocycles. The van der Waals surface area contributed by atoms with Crippen molar-refractivity contribution < 1.29 is 9.53 Å². The molecule has 192 valence electrons. The predicted octanol–water partition coefficient (Wildman–Crippen LogP) is 4.31. The molecule has 1 amide bonds. The van der Waals surface area contributed by atoms with Crippen molar-refractivity contribution in [1.82, 2.24) is 20.1 Å². The number of likely N-dealkylation sites (tertiary alicyclic amines) is 1. The Balaban J connectivity index is 1.34. The van der Waals surface area contributed by atoms with Crippen molar-refractivity contribution in [2.75, 3.05) is 36.5 Å². The van der Waals surface area contributed by atoms with Gasteiger partial charge in [-0.15, -0.1) is 0 Å². The number of aromatic amines is 1. The normalized spacial score (nSPS) is 22.2. The topological polar surface area (TPSA) is 110 Å². The molecule has 2 aromatic heterocycles. The number of pyridine rings is 1. The summed E-state index contributed by atoms with van der Waals surface area (Å²) in [7, 11) is 0. The molecule has 37 heavy (non-hydrogen) atoms. The minimum atomic E-state index is 0.200. The predicted molar refractivity (Wildman–Crippen MR) is 144 cm³/mol. The summed E-state index contributed by atoms with van der Waals surface area (Å²) in [6.45, 7) is 5.04. The van der Waals surface area contributed by atoms with Crippen LogP contribution in [0.5, 0.6) is 0 Å². The molecular weight excluding hydrogens is 466 g/mol. The van der Waals surface area contributed by atoms with E-state index in [1.165, 1.54) is 11.8 Å². The Morgan fingerprint density at radius 2 is 2.00 bits per heavy atom. The Morgan fingerprint density at radius 3 is 2.70 bits per heavy atom. The maximum Gasteiger partial charge on any atom is 0.222 e. The number of benzene rings is 1. The van der Waals surface area contributed by atoms with Crippen molar-refractivity contribution in [2.24, 2.45) is 0 Å². The molecule has 9 nitrogen and oxygen atoms in total. The smallest absolute Gasteiger partial charge is 0.222 e. The van der Waals surface area contributed by atoms with E-state index in [4.69, 9.17) is 15.1 Å². The van der Waals surface area contributed by atoms with Crippen LogP contribution in [0, 0.1) is 5.41 Å². The van der Waals surface area contributed by atoms with Gasteiger partial charge in [0.1, 0.15) is 17.5 Å². The number of morpholine rings is 1. The molecule has 3 aliphatic rings. The zero-order valence-corrected chi connectivity index (χ0v) is 21.1. The molecule has 3 aromatic rings. The number of aromatic nitrogens is 3. The molecule has 0 spiro atoms. The van der Waals surface area contributed by atoms with Crippen molar-refractivity contribution in [3.63, 3.8) is 0 Å². The highest BCUT2D eigenvalue weighted by Crippen LogP contribution is 2.37. The highest BCUT2D eigenvalue weighted by molar-refractivity contribution is 5.96. The van der Waals surface area contributed by atoms with E-state index in [9.17, 15) is 4.79 Å². The third-order valence-electron chi connectivity index (χ3n) is 7.73. The van der Waals surface area contributed by atoms with Crippen LogP contribution >= 0.6 is 0 Å². The van der Waals surface area contributed by atoms with Crippen molar-refractivity contribution >= 4 is 29.6 Å². The fourth-order valence-electron chi connectivity index (χ4n) is 5.51. The van der Waals surface area contributed by atoms with Gasteiger partial charge in [0.25, 0.3) is 0 Å². The van der Waals surface area contributed by atoms with Gasteiger partial charge in [0.05, 0.1) is 25.5 Å². The molecule has 1 saturated carbocycles. The molecular formula is C28H33N7O2. The van der Waals surface area contributed by atoms with Gasteiger partial charge in [-0.05, 0) is 48.9 Å². The number of hydrogen-bond donors (Lipinski definition) is 3. The summed E-state index contributed by atoms with van der Waals surface area (Å²) in [6, 6.07) is 13.2. The van der Waals surface area contributed by atoms with E-state index < -0.39 is 0 Å². The van der Waals surface area contributed by atoms with Gasteiger partial charge in [0, 0.05) is 49.3 Å². The van der Waals surface area contributed by atoms with Gasteiger partial charge < -0.3 is 25.3 Å². The Kier molecular flexibility index (Phi) is 6.38. The van der Waals surface area contributed by atoms with Crippen molar-refractivity contribution in [3.05, 3.63) is 53.7 Å². The zero-order chi connectivity index (χ0) is 25.4. The summed E-state index contributed by atoms with van der Waals surface area (Å²) >= 11 is 0. The number of ether oxygens (including phenoxy) is 1. The molecule has 9 heteroatoms. The van der Waals surface area contributed by atoms with Crippen molar-refractivity contribution in [3.8, 4) is 11.1 Å². The van der Waals surface area contributed by atoms with Gasteiger partial charge in [-0.2, -0.15) is 5.10 Å². The molecule has 2 atom stereocenters. The second-order valence-corrected chi connectivity index (χ2v) is 10.3. The number of H-pyrrole nitrogens is 1. The molecule has 1 unspecified atom stereocenters. The lowest BCUT2D eigenvalue weighted by atomic mass is 9.88. The highest BCUT2D eigenvalue weighted by Gasteiger charge is 2.37. The Hall–Kier alpha value is -3.72. The highest BCUT2D eigenvalue weighted by atomic mass is 16.5. The molecule has 1 aliphatic carbocycles. The maximum atomic E-state index is 12.4. The Bertz CT molecular complexity index is 1270. The average molecular weight is 500 g/mol. The van der Waals surface area contributed by atoms with E-state index >= 15 is 0 Å². The van der Waals surface area contributed by atoms with Gasteiger partial charge in [-0.3, -0.25) is 9.89 Å². The van der Waals surface area contributed by atoms with Gasteiger partial charge in [-0.25, -0.2) is 4.98 Å². The fraction of sp³-hybridized carbons (Fsp3) is 0.429. The van der Waals surface area contributed by atoms with E-state index in [1.54, 1.807) is 6.20 Å². The van der Waals surface area contributed by atoms with Crippen LogP contribution in [0.4, 0.5) is 17.5 Å². The van der Waals surface area contributed by atoms with E-state index in [2.05, 4.69) is 62.6 Å². The zero-order valence-electron chi connectivity index (χ0n) is 21.1. The van der Waals surface area contributed by atoms with Crippen molar-refractivity contribution in [2.45, 2.75) is 50.6 Å². The molecule has 2 aliphatic heterocycles. The molecule has 0 radical (unpaired) electrons. The molecule has 3 N–H and O–H groups in total. The number of piperidine rings is 1. The molecule has 6 rings (SSSR count). The summed E-state index contributed by atoms with van der Waals surface area (Å²) in [5, 5.41) is 18.5. The first-order chi connectivity index (χ1) is 18.1. The van der Waals surface area contributed by atoms with E-state index in [0.717, 1.165) is 60.7 Å². The molecule has 1 aromatic carbocycles. The van der Waals surface area contributed by atoms with Crippen LogP contribution in [0.15, 0.2) is 42.6 Å². The third-order valence-corrected chi connectivity index (χ3v) is 7.73. The minimum absolute atomic E-state index is 0.200. The van der Waals surface area contributed by atoms with E-state index in [-0.39, 0.29) is 6.04 Å². The van der Waals surface area contributed by atoms with Crippen molar-refractivity contribution in [1.29, 1.82) is 5.41 Å². The summed E-state index contributed by atoms with van der Waals surface area (Å²) in [4.78, 5) is 21.7. The minimum Gasteiger partial charge on any atom is -0.377 e. The number of rotatable bonds is 7. The number of nitrogens with zero attached hydrogens (tertiary/aromatic N) is 4. The Morgan fingerprint density at radius 1 is 1.16 bits per heavy atom. The average Bonchev–Trinajstić information content (AvgIpc) is 3.64. The number of hydrogen-bond acceptors (Lipinski definition) is 7. The van der Waals surface area contributed by atoms with Crippen LogP contribution in [0.25, 0.3) is 11.1 Å². The first-order valence-corrected chi connectivity index (χ1v) is 13.2. The SMILES string of the molecule is C[C@@H]1COCCN1c1cc(-c2ccc(C3CCC(=O)N(C4CC4)C3)cc2)c(C=N)c(Nc2ccn[nH]2)n1. The summed E-state index contributed by atoms with van der Waals surface area (Å²) in [5.74, 6) is 2.86. The first kappa shape index (κ1) is 23.7.